The molecular formula is C10H16N2O. The number of likely N-dealkylation sites (tertiary alicyclic amines) is 1. The largest absolute Gasteiger partial charge is 0.329 e. The van der Waals surface area contributed by atoms with E-state index in [1.165, 1.54) is 0 Å². The molecule has 1 rings (SSSR count). The lowest BCUT2D eigenvalue weighted by molar-refractivity contribution is -0.128. The van der Waals surface area contributed by atoms with Gasteiger partial charge in [0, 0.05) is 18.6 Å². The van der Waals surface area contributed by atoms with E-state index in [0.717, 1.165) is 19.4 Å². The molecule has 72 valence electrons. The summed E-state index contributed by atoms with van der Waals surface area (Å²) in [6.07, 6.45) is 1.78. The first-order valence-corrected chi connectivity index (χ1v) is 4.64. The van der Waals surface area contributed by atoms with Gasteiger partial charge in [-0.1, -0.05) is 5.92 Å². The Morgan fingerprint density at radius 2 is 2.31 bits per heavy atom. The Labute approximate surface area is 79.3 Å². The Bertz CT molecular complexity index is 251. The molecule has 3 nitrogen and oxygen atoms in total. The molecule has 0 aromatic heterocycles. The monoisotopic (exact) mass is 180 g/mol. The lowest BCUT2D eigenvalue weighted by atomic mass is 9.99. The Hall–Kier alpha value is -1.01. The van der Waals surface area contributed by atoms with Gasteiger partial charge in [0.2, 0.25) is 0 Å². The van der Waals surface area contributed by atoms with Gasteiger partial charge in [-0.15, -0.1) is 0 Å². The number of hydrogen-bond donors (Lipinski definition) is 1. The Balaban J connectivity index is 2.59. The van der Waals surface area contributed by atoms with Crippen molar-refractivity contribution in [3.63, 3.8) is 0 Å². The van der Waals surface area contributed by atoms with Crippen LogP contribution in [-0.4, -0.2) is 29.4 Å². The molecule has 0 aliphatic carbocycles. The molecule has 1 saturated heterocycles. The second-order valence-electron chi connectivity index (χ2n) is 3.51. The summed E-state index contributed by atoms with van der Waals surface area (Å²) >= 11 is 0. The van der Waals surface area contributed by atoms with Crippen LogP contribution in [0.15, 0.2) is 0 Å². The van der Waals surface area contributed by atoms with Gasteiger partial charge in [-0.05, 0) is 32.6 Å². The zero-order chi connectivity index (χ0) is 9.84. The average molecular weight is 180 g/mol. The lowest BCUT2D eigenvalue weighted by Gasteiger charge is -2.35. The quantitative estimate of drug-likeness (QED) is 0.547. The number of carbonyl (C=O) groups excluding carboxylic acids is 1. The second kappa shape index (κ2) is 4.29. The summed E-state index contributed by atoms with van der Waals surface area (Å²) in [5, 5.41) is 0. The number of hydrogen-bond acceptors (Lipinski definition) is 2. The van der Waals surface area contributed by atoms with E-state index in [1.54, 1.807) is 11.8 Å². The van der Waals surface area contributed by atoms with Crippen LogP contribution in [-0.2, 0) is 4.79 Å². The second-order valence-corrected chi connectivity index (χ2v) is 3.51. The molecule has 1 amide bonds. The van der Waals surface area contributed by atoms with Crippen LogP contribution in [0.3, 0.4) is 0 Å². The molecule has 1 fully saturated rings. The molecule has 1 aliphatic heterocycles. The number of carbonyl (C=O) groups is 1. The number of amides is 1. The summed E-state index contributed by atoms with van der Waals surface area (Å²) in [5.74, 6) is 5.11. The molecule has 2 atom stereocenters. The molecule has 0 bridgehead atoms. The van der Waals surface area contributed by atoms with Gasteiger partial charge in [0.1, 0.15) is 0 Å². The van der Waals surface area contributed by atoms with Crippen LogP contribution < -0.4 is 5.73 Å². The highest BCUT2D eigenvalue weighted by atomic mass is 16.2. The fourth-order valence-corrected chi connectivity index (χ4v) is 1.69. The topological polar surface area (TPSA) is 46.3 Å². The fraction of sp³-hybridized carbons (Fsp3) is 0.700. The van der Waals surface area contributed by atoms with Crippen molar-refractivity contribution >= 4 is 5.91 Å². The first-order valence-electron chi connectivity index (χ1n) is 4.64. The van der Waals surface area contributed by atoms with E-state index in [4.69, 9.17) is 5.73 Å². The van der Waals surface area contributed by atoms with Gasteiger partial charge in [0.15, 0.2) is 0 Å². The van der Waals surface area contributed by atoms with Crippen molar-refractivity contribution in [2.24, 2.45) is 5.73 Å². The molecular weight excluding hydrogens is 164 g/mol. The summed E-state index contributed by atoms with van der Waals surface area (Å²) in [6, 6.07) is 0.478. The Morgan fingerprint density at radius 1 is 1.62 bits per heavy atom. The number of rotatable bonds is 0. The van der Waals surface area contributed by atoms with Gasteiger partial charge >= 0.3 is 0 Å². The standard InChI is InChI=1S/C10H16N2O/c1-3-4-10(13)12-6-5-9(11)7-8(12)2/h8-9H,5-7,11H2,1-2H3/t8-,9?/m0/s1. The van der Waals surface area contributed by atoms with Crippen molar-refractivity contribution < 1.29 is 4.79 Å². The normalized spacial score (nSPS) is 27.8. The number of nitrogens with two attached hydrogens (primary N) is 1. The van der Waals surface area contributed by atoms with Gasteiger partial charge < -0.3 is 10.6 Å². The molecule has 0 aromatic rings. The molecule has 2 N–H and O–H groups in total. The maximum atomic E-state index is 11.4. The van der Waals surface area contributed by atoms with Gasteiger partial charge in [0.25, 0.3) is 5.91 Å². The van der Waals surface area contributed by atoms with E-state index in [2.05, 4.69) is 11.8 Å². The molecule has 0 aromatic carbocycles. The van der Waals surface area contributed by atoms with Crippen molar-refractivity contribution in [3.05, 3.63) is 0 Å². The highest BCUT2D eigenvalue weighted by molar-refractivity contribution is 5.93. The Morgan fingerprint density at radius 3 is 2.85 bits per heavy atom. The van der Waals surface area contributed by atoms with Crippen molar-refractivity contribution in [1.29, 1.82) is 0 Å². The third kappa shape index (κ3) is 2.46. The van der Waals surface area contributed by atoms with Crippen LogP contribution in [0.1, 0.15) is 26.7 Å². The van der Waals surface area contributed by atoms with E-state index < -0.39 is 0 Å². The fourth-order valence-electron chi connectivity index (χ4n) is 1.69. The lowest BCUT2D eigenvalue weighted by Crippen LogP contribution is -2.47. The highest BCUT2D eigenvalue weighted by Gasteiger charge is 2.25. The van der Waals surface area contributed by atoms with E-state index in [1.807, 2.05) is 6.92 Å². The van der Waals surface area contributed by atoms with Crippen LogP contribution in [0.25, 0.3) is 0 Å². The summed E-state index contributed by atoms with van der Waals surface area (Å²) in [6.45, 7) is 4.45. The minimum atomic E-state index is -0.0677. The summed E-state index contributed by atoms with van der Waals surface area (Å²) in [7, 11) is 0. The molecule has 0 spiro atoms. The van der Waals surface area contributed by atoms with Crippen molar-refractivity contribution in [2.45, 2.75) is 38.8 Å². The Kier molecular flexibility index (Phi) is 3.32. The molecule has 1 aliphatic rings. The van der Waals surface area contributed by atoms with Gasteiger partial charge in [-0.3, -0.25) is 4.79 Å². The minimum Gasteiger partial charge on any atom is -0.329 e. The van der Waals surface area contributed by atoms with Gasteiger partial charge in [0.05, 0.1) is 0 Å². The summed E-state index contributed by atoms with van der Waals surface area (Å²) < 4.78 is 0. The zero-order valence-corrected chi connectivity index (χ0v) is 8.21. The third-order valence-electron chi connectivity index (χ3n) is 2.41. The van der Waals surface area contributed by atoms with Crippen LogP contribution in [0.5, 0.6) is 0 Å². The number of nitrogens with zero attached hydrogens (tertiary/aromatic N) is 1. The first-order chi connectivity index (χ1) is 6.15. The SMILES string of the molecule is CC#CC(=O)N1CCC(N)C[C@@H]1C. The molecule has 1 heterocycles. The van der Waals surface area contributed by atoms with E-state index >= 15 is 0 Å². The highest BCUT2D eigenvalue weighted by Crippen LogP contribution is 2.15. The molecule has 3 heteroatoms. The van der Waals surface area contributed by atoms with E-state index in [0.29, 0.717) is 0 Å². The molecule has 13 heavy (non-hydrogen) atoms. The van der Waals surface area contributed by atoms with Crippen molar-refractivity contribution in [3.8, 4) is 11.8 Å². The van der Waals surface area contributed by atoms with E-state index in [9.17, 15) is 4.79 Å². The zero-order valence-electron chi connectivity index (χ0n) is 8.21. The summed E-state index contributed by atoms with van der Waals surface area (Å²) in [5.41, 5.74) is 5.79. The first kappa shape index (κ1) is 10.1. The molecule has 1 unspecified atom stereocenters. The van der Waals surface area contributed by atoms with Gasteiger partial charge in [-0.2, -0.15) is 0 Å². The van der Waals surface area contributed by atoms with Gasteiger partial charge in [-0.25, -0.2) is 0 Å². The molecule has 0 saturated carbocycles. The maximum Gasteiger partial charge on any atom is 0.298 e. The predicted octanol–water partition coefficient (Wildman–Crippen LogP) is 0.348. The van der Waals surface area contributed by atoms with Crippen molar-refractivity contribution in [2.75, 3.05) is 6.54 Å². The van der Waals surface area contributed by atoms with Crippen LogP contribution >= 0.6 is 0 Å². The molecule has 0 radical (unpaired) electrons. The van der Waals surface area contributed by atoms with Crippen molar-refractivity contribution in [1.82, 2.24) is 4.90 Å². The van der Waals surface area contributed by atoms with E-state index in [-0.39, 0.29) is 18.0 Å². The number of piperidine rings is 1. The van der Waals surface area contributed by atoms with Crippen LogP contribution in [0, 0.1) is 11.8 Å². The maximum absolute atomic E-state index is 11.4. The predicted molar refractivity (Wildman–Crippen MR) is 51.8 cm³/mol. The summed E-state index contributed by atoms with van der Waals surface area (Å²) in [4.78, 5) is 13.2. The van der Waals surface area contributed by atoms with Crippen LogP contribution in [0.2, 0.25) is 0 Å². The minimum absolute atomic E-state index is 0.0677. The average Bonchev–Trinajstić information content (AvgIpc) is 2.04. The smallest absolute Gasteiger partial charge is 0.298 e. The van der Waals surface area contributed by atoms with Crippen LogP contribution in [0.4, 0.5) is 0 Å². The third-order valence-corrected chi connectivity index (χ3v) is 2.41.